The van der Waals surface area contributed by atoms with Gasteiger partial charge in [-0.25, -0.2) is 4.79 Å². The lowest BCUT2D eigenvalue weighted by Gasteiger charge is -2.12. The summed E-state index contributed by atoms with van der Waals surface area (Å²) in [6.45, 7) is 5.64. The summed E-state index contributed by atoms with van der Waals surface area (Å²) in [5.41, 5.74) is 2.40. The predicted octanol–water partition coefficient (Wildman–Crippen LogP) is 2.33. The molecule has 1 saturated heterocycles. The number of nitrogens with one attached hydrogen (secondary N) is 2. The van der Waals surface area contributed by atoms with Crippen molar-refractivity contribution in [1.82, 2.24) is 5.32 Å². The highest BCUT2D eigenvalue weighted by Gasteiger charge is 2.16. The standard InChI is InChI=1S/C16H22N2O3/c1-10-7-13(8-14(11(10)2)16(20)21)18-15(19)4-3-12-5-6-17-9-12/h7-8,12,17H,3-6,9H2,1-2H3,(H,18,19)(H,20,21). The van der Waals surface area contributed by atoms with Crippen molar-refractivity contribution < 1.29 is 14.7 Å². The number of anilines is 1. The van der Waals surface area contributed by atoms with E-state index >= 15 is 0 Å². The van der Waals surface area contributed by atoms with Crippen LogP contribution in [0.5, 0.6) is 0 Å². The zero-order chi connectivity index (χ0) is 15.4. The molecular formula is C16H22N2O3. The van der Waals surface area contributed by atoms with Gasteiger partial charge in [0.2, 0.25) is 5.91 Å². The molecule has 1 aromatic carbocycles. The fourth-order valence-corrected chi connectivity index (χ4v) is 2.67. The second-order valence-corrected chi connectivity index (χ2v) is 5.72. The second kappa shape index (κ2) is 6.72. The number of benzene rings is 1. The number of hydrogen-bond acceptors (Lipinski definition) is 3. The molecule has 1 fully saturated rings. The van der Waals surface area contributed by atoms with Gasteiger partial charge in [0.1, 0.15) is 0 Å². The first kappa shape index (κ1) is 15.5. The quantitative estimate of drug-likeness (QED) is 0.777. The topological polar surface area (TPSA) is 78.4 Å². The third kappa shape index (κ3) is 4.04. The lowest BCUT2D eigenvalue weighted by molar-refractivity contribution is -0.116. The highest BCUT2D eigenvalue weighted by atomic mass is 16.4. The van der Waals surface area contributed by atoms with Crippen LogP contribution in [-0.2, 0) is 4.79 Å². The van der Waals surface area contributed by atoms with E-state index in [2.05, 4.69) is 10.6 Å². The first-order chi connectivity index (χ1) is 9.97. The lowest BCUT2D eigenvalue weighted by atomic mass is 10.0. The molecular weight excluding hydrogens is 268 g/mol. The summed E-state index contributed by atoms with van der Waals surface area (Å²) >= 11 is 0. The van der Waals surface area contributed by atoms with E-state index < -0.39 is 5.97 Å². The van der Waals surface area contributed by atoms with Gasteiger partial charge in [0, 0.05) is 12.1 Å². The summed E-state index contributed by atoms with van der Waals surface area (Å²) in [7, 11) is 0. The minimum atomic E-state index is -0.969. The third-order valence-corrected chi connectivity index (χ3v) is 4.12. The van der Waals surface area contributed by atoms with E-state index in [1.165, 1.54) is 6.07 Å². The van der Waals surface area contributed by atoms with E-state index in [1.54, 1.807) is 6.92 Å². The van der Waals surface area contributed by atoms with Crippen LogP contribution in [-0.4, -0.2) is 30.1 Å². The van der Waals surface area contributed by atoms with Crippen molar-refractivity contribution in [2.24, 2.45) is 5.92 Å². The normalized spacial score (nSPS) is 17.7. The first-order valence-electron chi connectivity index (χ1n) is 7.32. The van der Waals surface area contributed by atoms with Crippen molar-refractivity contribution in [3.05, 3.63) is 28.8 Å². The Hall–Kier alpha value is -1.88. The molecule has 1 atom stereocenters. The molecule has 0 radical (unpaired) electrons. The zero-order valence-electron chi connectivity index (χ0n) is 12.5. The van der Waals surface area contributed by atoms with Crippen molar-refractivity contribution in [2.45, 2.75) is 33.1 Å². The Morgan fingerprint density at radius 2 is 2.14 bits per heavy atom. The smallest absolute Gasteiger partial charge is 0.336 e. The van der Waals surface area contributed by atoms with Crippen molar-refractivity contribution in [3.63, 3.8) is 0 Å². The Labute approximate surface area is 124 Å². The summed E-state index contributed by atoms with van der Waals surface area (Å²) in [5.74, 6) is -0.449. The molecule has 1 heterocycles. The maximum Gasteiger partial charge on any atom is 0.336 e. The van der Waals surface area contributed by atoms with E-state index in [0.717, 1.165) is 37.1 Å². The third-order valence-electron chi connectivity index (χ3n) is 4.12. The molecule has 3 N–H and O–H groups in total. The number of rotatable bonds is 5. The van der Waals surface area contributed by atoms with E-state index in [4.69, 9.17) is 0 Å². The number of carboxylic acid groups (broad SMARTS) is 1. The van der Waals surface area contributed by atoms with Crippen LogP contribution in [0.2, 0.25) is 0 Å². The highest BCUT2D eigenvalue weighted by molar-refractivity contribution is 5.95. The number of aromatic carboxylic acids is 1. The van der Waals surface area contributed by atoms with Gasteiger partial charge < -0.3 is 15.7 Å². The minimum absolute atomic E-state index is 0.0542. The van der Waals surface area contributed by atoms with Crippen molar-refractivity contribution >= 4 is 17.6 Å². The van der Waals surface area contributed by atoms with Gasteiger partial charge >= 0.3 is 5.97 Å². The Morgan fingerprint density at radius 1 is 1.38 bits per heavy atom. The van der Waals surface area contributed by atoms with Crippen molar-refractivity contribution in [3.8, 4) is 0 Å². The summed E-state index contributed by atoms with van der Waals surface area (Å²) in [6, 6.07) is 3.34. The van der Waals surface area contributed by atoms with Crippen LogP contribution in [0.15, 0.2) is 12.1 Å². The Bertz CT molecular complexity index is 549. The maximum absolute atomic E-state index is 12.0. The Kier molecular flexibility index (Phi) is 4.96. The first-order valence-corrected chi connectivity index (χ1v) is 7.32. The number of carbonyl (C=O) groups excluding carboxylic acids is 1. The van der Waals surface area contributed by atoms with E-state index in [0.29, 0.717) is 18.0 Å². The van der Waals surface area contributed by atoms with Crippen LogP contribution >= 0.6 is 0 Å². The minimum Gasteiger partial charge on any atom is -0.478 e. The molecule has 5 heteroatoms. The molecule has 1 aromatic rings. The SMILES string of the molecule is Cc1cc(NC(=O)CCC2CCNC2)cc(C(=O)O)c1C. The maximum atomic E-state index is 12.0. The Balaban J connectivity index is 1.98. The fourth-order valence-electron chi connectivity index (χ4n) is 2.67. The molecule has 1 amide bonds. The highest BCUT2D eigenvalue weighted by Crippen LogP contribution is 2.21. The molecule has 2 rings (SSSR count). The number of amides is 1. The summed E-state index contributed by atoms with van der Waals surface area (Å²) in [4.78, 5) is 23.2. The summed E-state index contributed by atoms with van der Waals surface area (Å²) in [6.07, 6.45) is 2.47. The Morgan fingerprint density at radius 3 is 2.76 bits per heavy atom. The van der Waals surface area contributed by atoms with Crippen LogP contribution in [0.1, 0.15) is 40.7 Å². The van der Waals surface area contributed by atoms with E-state index in [9.17, 15) is 14.7 Å². The number of carboxylic acids is 1. The molecule has 0 bridgehead atoms. The zero-order valence-corrected chi connectivity index (χ0v) is 12.5. The number of carbonyl (C=O) groups is 2. The van der Waals surface area contributed by atoms with Gasteiger partial charge in [0.15, 0.2) is 0 Å². The van der Waals surface area contributed by atoms with Crippen LogP contribution in [0.25, 0.3) is 0 Å². The summed E-state index contributed by atoms with van der Waals surface area (Å²) < 4.78 is 0. The molecule has 0 aliphatic carbocycles. The molecule has 1 unspecified atom stereocenters. The van der Waals surface area contributed by atoms with Crippen molar-refractivity contribution in [1.29, 1.82) is 0 Å². The van der Waals surface area contributed by atoms with Crippen LogP contribution in [0.3, 0.4) is 0 Å². The number of aryl methyl sites for hydroxylation is 1. The van der Waals surface area contributed by atoms with Gasteiger partial charge in [-0.15, -0.1) is 0 Å². The van der Waals surface area contributed by atoms with Crippen LogP contribution in [0.4, 0.5) is 5.69 Å². The van der Waals surface area contributed by atoms with Gasteiger partial charge in [-0.2, -0.15) is 0 Å². The molecule has 114 valence electrons. The molecule has 0 saturated carbocycles. The second-order valence-electron chi connectivity index (χ2n) is 5.72. The molecule has 21 heavy (non-hydrogen) atoms. The van der Waals surface area contributed by atoms with Gasteiger partial charge in [0.05, 0.1) is 5.56 Å². The van der Waals surface area contributed by atoms with Gasteiger partial charge in [-0.3, -0.25) is 4.79 Å². The predicted molar refractivity (Wildman–Crippen MR) is 81.7 cm³/mol. The van der Waals surface area contributed by atoms with Gasteiger partial charge in [-0.05, 0) is 69.0 Å². The van der Waals surface area contributed by atoms with Crippen molar-refractivity contribution in [2.75, 3.05) is 18.4 Å². The van der Waals surface area contributed by atoms with Gasteiger partial charge in [-0.1, -0.05) is 0 Å². The molecule has 5 nitrogen and oxygen atoms in total. The van der Waals surface area contributed by atoms with Crippen LogP contribution in [0, 0.1) is 19.8 Å². The molecule has 0 aromatic heterocycles. The van der Waals surface area contributed by atoms with Crippen LogP contribution < -0.4 is 10.6 Å². The largest absolute Gasteiger partial charge is 0.478 e. The monoisotopic (exact) mass is 290 g/mol. The lowest BCUT2D eigenvalue weighted by Crippen LogP contribution is -2.15. The van der Waals surface area contributed by atoms with Gasteiger partial charge in [0.25, 0.3) is 0 Å². The van der Waals surface area contributed by atoms with E-state index in [1.807, 2.05) is 13.0 Å². The average Bonchev–Trinajstić information content (AvgIpc) is 2.93. The number of hydrogen-bond donors (Lipinski definition) is 3. The molecule has 1 aliphatic heterocycles. The molecule has 0 spiro atoms. The fraction of sp³-hybridized carbons (Fsp3) is 0.500. The van der Waals surface area contributed by atoms with E-state index in [-0.39, 0.29) is 11.5 Å². The summed E-state index contributed by atoms with van der Waals surface area (Å²) in [5, 5.41) is 15.3. The average molecular weight is 290 g/mol. The molecule has 1 aliphatic rings.